The number of ether oxygens (including phenoxy) is 1. The lowest BCUT2D eigenvalue weighted by atomic mass is 10.1. The minimum absolute atomic E-state index is 0.303. The van der Waals surface area contributed by atoms with Crippen LogP contribution >= 0.6 is 0 Å². The number of nitrogens with zero attached hydrogens (tertiary/aromatic N) is 2. The van der Waals surface area contributed by atoms with Crippen LogP contribution in [0, 0.1) is 5.82 Å². The second kappa shape index (κ2) is 5.55. The van der Waals surface area contributed by atoms with Gasteiger partial charge in [0.25, 0.3) is 0 Å². The van der Waals surface area contributed by atoms with Crippen molar-refractivity contribution in [2.24, 2.45) is 0 Å². The molecule has 0 spiro atoms. The second-order valence-electron chi connectivity index (χ2n) is 3.68. The van der Waals surface area contributed by atoms with Crippen molar-refractivity contribution >= 4 is 0 Å². The first-order chi connectivity index (χ1) is 8.77. The minimum atomic E-state index is -0.442. The molecule has 4 nitrogen and oxygen atoms in total. The Balaban J connectivity index is 2.49. The summed E-state index contributed by atoms with van der Waals surface area (Å²) in [5.74, 6) is 0.228. The van der Waals surface area contributed by atoms with Gasteiger partial charge in [0.05, 0.1) is 18.8 Å². The van der Waals surface area contributed by atoms with Gasteiger partial charge in [-0.3, -0.25) is 9.97 Å². The van der Waals surface area contributed by atoms with Gasteiger partial charge in [0, 0.05) is 12.4 Å². The molecule has 1 atom stereocenters. The summed E-state index contributed by atoms with van der Waals surface area (Å²) >= 11 is 0. The Hall–Kier alpha value is -2.01. The monoisotopic (exact) mass is 247 g/mol. The molecule has 0 aliphatic heterocycles. The Morgan fingerprint density at radius 3 is 2.44 bits per heavy atom. The Morgan fingerprint density at radius 2 is 1.83 bits per heavy atom. The van der Waals surface area contributed by atoms with Gasteiger partial charge in [-0.2, -0.15) is 0 Å². The number of hydrogen-bond acceptors (Lipinski definition) is 4. The van der Waals surface area contributed by atoms with Crippen LogP contribution in [-0.2, 0) is 0 Å². The van der Waals surface area contributed by atoms with E-state index < -0.39 is 6.04 Å². The molecule has 0 bridgehead atoms. The van der Waals surface area contributed by atoms with Crippen molar-refractivity contribution in [3.8, 4) is 5.75 Å². The van der Waals surface area contributed by atoms with Gasteiger partial charge in [-0.25, -0.2) is 4.39 Å². The van der Waals surface area contributed by atoms with E-state index in [9.17, 15) is 4.39 Å². The molecule has 5 heteroatoms. The molecule has 0 aliphatic rings. The Morgan fingerprint density at radius 1 is 1.17 bits per heavy atom. The molecule has 0 amide bonds. The molecule has 0 aromatic carbocycles. The van der Waals surface area contributed by atoms with E-state index in [0.29, 0.717) is 17.1 Å². The summed E-state index contributed by atoms with van der Waals surface area (Å²) in [5, 5.41) is 3.01. The fourth-order valence-corrected chi connectivity index (χ4v) is 1.81. The summed E-state index contributed by atoms with van der Waals surface area (Å²) in [4.78, 5) is 8.31. The number of hydrogen-bond donors (Lipinski definition) is 1. The molecule has 0 aliphatic carbocycles. The molecular weight excluding hydrogens is 233 g/mol. The van der Waals surface area contributed by atoms with Gasteiger partial charge in [-0.15, -0.1) is 0 Å². The van der Waals surface area contributed by atoms with E-state index >= 15 is 0 Å². The van der Waals surface area contributed by atoms with E-state index in [1.165, 1.54) is 6.07 Å². The molecule has 0 fully saturated rings. The summed E-state index contributed by atoms with van der Waals surface area (Å²) in [5.41, 5.74) is 0.914. The van der Waals surface area contributed by atoms with Crippen LogP contribution in [0.25, 0.3) is 0 Å². The normalized spacial score (nSPS) is 12.2. The van der Waals surface area contributed by atoms with Crippen molar-refractivity contribution in [2.45, 2.75) is 6.04 Å². The quantitative estimate of drug-likeness (QED) is 0.896. The molecule has 2 aromatic rings. The standard InChI is InChI=1S/C13H14FN3O/c1-15-13(11-9(14)5-3-7-16-11)12-10(18-2)6-4-8-17-12/h3-8,13,15H,1-2H3. The fourth-order valence-electron chi connectivity index (χ4n) is 1.81. The van der Waals surface area contributed by atoms with E-state index in [1.807, 2.05) is 0 Å². The molecule has 0 saturated heterocycles. The lowest BCUT2D eigenvalue weighted by Gasteiger charge is -2.17. The number of methoxy groups -OCH3 is 1. The van der Waals surface area contributed by atoms with Crippen LogP contribution in [0.5, 0.6) is 5.75 Å². The van der Waals surface area contributed by atoms with Gasteiger partial charge in [0.15, 0.2) is 0 Å². The van der Waals surface area contributed by atoms with E-state index in [-0.39, 0.29) is 5.82 Å². The van der Waals surface area contributed by atoms with Gasteiger partial charge in [-0.05, 0) is 31.3 Å². The number of pyridine rings is 2. The van der Waals surface area contributed by atoms with E-state index in [0.717, 1.165) is 0 Å². The highest BCUT2D eigenvalue weighted by Crippen LogP contribution is 2.27. The summed E-state index contributed by atoms with van der Waals surface area (Å²) in [7, 11) is 3.29. The zero-order valence-corrected chi connectivity index (χ0v) is 10.2. The smallest absolute Gasteiger partial charge is 0.146 e. The van der Waals surface area contributed by atoms with E-state index in [4.69, 9.17) is 4.74 Å². The largest absolute Gasteiger partial charge is 0.495 e. The molecule has 1 unspecified atom stereocenters. The molecule has 94 valence electrons. The predicted molar refractivity (Wildman–Crippen MR) is 65.9 cm³/mol. The van der Waals surface area contributed by atoms with Crippen molar-refractivity contribution in [2.75, 3.05) is 14.2 Å². The first-order valence-corrected chi connectivity index (χ1v) is 5.54. The maximum atomic E-state index is 13.8. The number of aromatic nitrogens is 2. The maximum absolute atomic E-state index is 13.8. The highest BCUT2D eigenvalue weighted by molar-refractivity contribution is 5.34. The Labute approximate surface area is 105 Å². The van der Waals surface area contributed by atoms with Crippen LogP contribution in [0.4, 0.5) is 4.39 Å². The number of halogens is 1. The molecule has 18 heavy (non-hydrogen) atoms. The first kappa shape index (κ1) is 12.4. The van der Waals surface area contributed by atoms with Crippen LogP contribution in [0.1, 0.15) is 17.4 Å². The zero-order valence-electron chi connectivity index (χ0n) is 10.2. The maximum Gasteiger partial charge on any atom is 0.146 e. The fraction of sp³-hybridized carbons (Fsp3) is 0.231. The van der Waals surface area contributed by atoms with Crippen LogP contribution in [0.15, 0.2) is 36.7 Å². The third-order valence-electron chi connectivity index (χ3n) is 2.64. The van der Waals surface area contributed by atoms with Crippen LogP contribution in [-0.4, -0.2) is 24.1 Å². The summed E-state index contributed by atoms with van der Waals surface area (Å²) in [6.45, 7) is 0. The Kier molecular flexibility index (Phi) is 3.84. The SMILES string of the molecule is CNC(c1ncccc1F)c1ncccc1OC. The van der Waals surface area contributed by atoms with E-state index in [1.54, 1.807) is 44.8 Å². The van der Waals surface area contributed by atoms with Gasteiger partial charge in [0.1, 0.15) is 17.3 Å². The predicted octanol–water partition coefficient (Wildman–Crippen LogP) is 1.93. The van der Waals surface area contributed by atoms with Gasteiger partial charge < -0.3 is 10.1 Å². The second-order valence-corrected chi connectivity index (χ2v) is 3.68. The highest BCUT2D eigenvalue weighted by Gasteiger charge is 2.21. The summed E-state index contributed by atoms with van der Waals surface area (Å²) in [6, 6.07) is 6.04. The van der Waals surface area contributed by atoms with E-state index in [2.05, 4.69) is 15.3 Å². The van der Waals surface area contributed by atoms with Crippen molar-refractivity contribution < 1.29 is 9.13 Å². The van der Waals surface area contributed by atoms with Crippen molar-refractivity contribution in [1.82, 2.24) is 15.3 Å². The lowest BCUT2D eigenvalue weighted by Crippen LogP contribution is -2.22. The zero-order chi connectivity index (χ0) is 13.0. The third kappa shape index (κ3) is 2.31. The van der Waals surface area contributed by atoms with Gasteiger partial charge in [0.2, 0.25) is 0 Å². The number of nitrogens with one attached hydrogen (secondary N) is 1. The molecule has 2 heterocycles. The number of rotatable bonds is 4. The summed E-state index contributed by atoms with van der Waals surface area (Å²) < 4.78 is 19.0. The molecule has 2 aromatic heterocycles. The van der Waals surface area contributed by atoms with Crippen molar-refractivity contribution in [3.05, 3.63) is 53.9 Å². The molecular formula is C13H14FN3O. The lowest BCUT2D eigenvalue weighted by molar-refractivity contribution is 0.400. The first-order valence-electron chi connectivity index (χ1n) is 5.54. The topological polar surface area (TPSA) is 47.0 Å². The molecule has 1 N–H and O–H groups in total. The van der Waals surface area contributed by atoms with Crippen molar-refractivity contribution in [1.29, 1.82) is 0 Å². The third-order valence-corrected chi connectivity index (χ3v) is 2.64. The highest BCUT2D eigenvalue weighted by atomic mass is 19.1. The Bertz CT molecular complexity index is 533. The van der Waals surface area contributed by atoms with Crippen LogP contribution in [0.2, 0.25) is 0 Å². The van der Waals surface area contributed by atoms with Gasteiger partial charge >= 0.3 is 0 Å². The average molecular weight is 247 g/mol. The summed E-state index contributed by atoms with van der Waals surface area (Å²) in [6.07, 6.45) is 3.20. The van der Waals surface area contributed by atoms with Crippen LogP contribution in [0.3, 0.4) is 0 Å². The minimum Gasteiger partial charge on any atom is -0.495 e. The average Bonchev–Trinajstić information content (AvgIpc) is 2.42. The van der Waals surface area contributed by atoms with Crippen molar-refractivity contribution in [3.63, 3.8) is 0 Å². The van der Waals surface area contributed by atoms with Gasteiger partial charge in [-0.1, -0.05) is 0 Å². The molecule has 2 rings (SSSR count). The van der Waals surface area contributed by atoms with Crippen LogP contribution < -0.4 is 10.1 Å². The molecule has 0 radical (unpaired) electrons. The molecule has 0 saturated carbocycles.